The molecule has 7 heteroatoms. The lowest BCUT2D eigenvalue weighted by atomic mass is 10.2. The van der Waals surface area contributed by atoms with E-state index in [2.05, 4.69) is 9.97 Å². The Morgan fingerprint density at radius 2 is 1.86 bits per heavy atom. The zero-order valence-electron chi connectivity index (χ0n) is 14.6. The molecular formula is C21H14N4O3. The van der Waals surface area contributed by atoms with Gasteiger partial charge in [0.15, 0.2) is 0 Å². The smallest absolute Gasteiger partial charge is 0.268 e. The minimum Gasteiger partial charge on any atom is -0.268 e. The van der Waals surface area contributed by atoms with Crippen LogP contribution in [0.25, 0.3) is 28.7 Å². The second kappa shape index (κ2) is 7.24. The second-order valence-electron chi connectivity index (χ2n) is 6.02. The summed E-state index contributed by atoms with van der Waals surface area (Å²) >= 11 is 0. The summed E-state index contributed by atoms with van der Waals surface area (Å²) in [5, 5.41) is 11.5. The van der Waals surface area contributed by atoms with Gasteiger partial charge in [-0.3, -0.25) is 24.5 Å². The summed E-state index contributed by atoms with van der Waals surface area (Å²) in [5.74, 6) is 0.406. The molecule has 2 aromatic carbocycles. The number of hydrogen-bond acceptors (Lipinski definition) is 5. The maximum absolute atomic E-state index is 13.1. The fourth-order valence-corrected chi connectivity index (χ4v) is 2.91. The summed E-state index contributed by atoms with van der Waals surface area (Å²) in [5.41, 5.74) is 1.58. The molecule has 0 saturated heterocycles. The largest absolute Gasteiger partial charge is 0.270 e. The van der Waals surface area contributed by atoms with E-state index in [4.69, 9.17) is 0 Å². The van der Waals surface area contributed by atoms with Crippen molar-refractivity contribution >= 4 is 28.7 Å². The first-order chi connectivity index (χ1) is 13.6. The zero-order chi connectivity index (χ0) is 19.5. The van der Waals surface area contributed by atoms with Crippen LogP contribution in [-0.2, 0) is 0 Å². The predicted octanol–water partition coefficient (Wildman–Crippen LogP) is 3.86. The number of pyridine rings is 1. The third kappa shape index (κ3) is 3.28. The Bertz CT molecular complexity index is 1260. The molecule has 0 unspecified atom stereocenters. The number of nitro benzene ring substituents is 1. The van der Waals surface area contributed by atoms with Gasteiger partial charge in [0.2, 0.25) is 0 Å². The first-order valence-corrected chi connectivity index (χ1v) is 8.48. The Morgan fingerprint density at radius 3 is 2.64 bits per heavy atom. The van der Waals surface area contributed by atoms with Crippen molar-refractivity contribution in [1.29, 1.82) is 0 Å². The lowest BCUT2D eigenvalue weighted by Gasteiger charge is -2.10. The first kappa shape index (κ1) is 17.3. The monoisotopic (exact) mass is 370 g/mol. The van der Waals surface area contributed by atoms with Crippen molar-refractivity contribution in [2.75, 3.05) is 0 Å². The van der Waals surface area contributed by atoms with Crippen LogP contribution in [0.5, 0.6) is 0 Å². The van der Waals surface area contributed by atoms with Gasteiger partial charge >= 0.3 is 0 Å². The van der Waals surface area contributed by atoms with E-state index in [1.807, 2.05) is 6.07 Å². The van der Waals surface area contributed by atoms with Gasteiger partial charge in [-0.15, -0.1) is 0 Å². The van der Waals surface area contributed by atoms with Crippen LogP contribution >= 0.6 is 0 Å². The SMILES string of the molecule is O=c1c2ccccc2nc(C=Cc2cccc([N+](=O)[O-])c2)n1-c1cccnc1. The molecule has 0 saturated carbocycles. The molecule has 2 heterocycles. The van der Waals surface area contributed by atoms with E-state index >= 15 is 0 Å². The minimum atomic E-state index is -0.447. The lowest BCUT2D eigenvalue weighted by Crippen LogP contribution is -2.22. The van der Waals surface area contributed by atoms with E-state index in [0.717, 1.165) is 0 Å². The molecule has 0 spiro atoms. The molecule has 2 aromatic heterocycles. The highest BCUT2D eigenvalue weighted by Gasteiger charge is 2.11. The second-order valence-corrected chi connectivity index (χ2v) is 6.02. The van der Waals surface area contributed by atoms with Crippen molar-refractivity contribution in [2.45, 2.75) is 0 Å². The number of fused-ring (bicyclic) bond motifs is 1. The Labute approximate surface area is 159 Å². The van der Waals surface area contributed by atoms with Gasteiger partial charge in [0.1, 0.15) is 5.82 Å². The van der Waals surface area contributed by atoms with Crippen LogP contribution in [0.2, 0.25) is 0 Å². The maximum Gasteiger partial charge on any atom is 0.270 e. The number of rotatable bonds is 4. The summed E-state index contributed by atoms with van der Waals surface area (Å²) in [6, 6.07) is 16.9. The quantitative estimate of drug-likeness (QED) is 0.402. The molecule has 0 aliphatic heterocycles. The molecule has 7 nitrogen and oxygen atoms in total. The number of aromatic nitrogens is 3. The third-order valence-corrected chi connectivity index (χ3v) is 4.21. The van der Waals surface area contributed by atoms with Gasteiger partial charge in [-0.1, -0.05) is 30.3 Å². The molecule has 28 heavy (non-hydrogen) atoms. The number of non-ortho nitro benzene ring substituents is 1. The molecule has 0 atom stereocenters. The number of para-hydroxylation sites is 1. The van der Waals surface area contributed by atoms with Gasteiger partial charge in [-0.05, 0) is 35.9 Å². The first-order valence-electron chi connectivity index (χ1n) is 8.48. The van der Waals surface area contributed by atoms with Crippen molar-refractivity contribution in [2.24, 2.45) is 0 Å². The molecule has 0 aliphatic carbocycles. The summed E-state index contributed by atoms with van der Waals surface area (Å²) < 4.78 is 1.48. The van der Waals surface area contributed by atoms with Crippen LogP contribution in [0.1, 0.15) is 11.4 Å². The van der Waals surface area contributed by atoms with Gasteiger partial charge in [0.05, 0.1) is 27.7 Å². The molecule has 4 rings (SSSR count). The van der Waals surface area contributed by atoms with Crippen molar-refractivity contribution in [3.63, 3.8) is 0 Å². The van der Waals surface area contributed by atoms with Crippen molar-refractivity contribution in [3.05, 3.63) is 105 Å². The number of nitrogens with zero attached hydrogens (tertiary/aromatic N) is 4. The van der Waals surface area contributed by atoms with Crippen LogP contribution in [0.3, 0.4) is 0 Å². The van der Waals surface area contributed by atoms with Crippen molar-refractivity contribution < 1.29 is 4.92 Å². The molecule has 0 aliphatic rings. The number of hydrogen-bond donors (Lipinski definition) is 0. The highest BCUT2D eigenvalue weighted by molar-refractivity contribution is 5.80. The highest BCUT2D eigenvalue weighted by atomic mass is 16.6. The van der Waals surface area contributed by atoms with Crippen LogP contribution in [-0.4, -0.2) is 19.5 Å². The fourth-order valence-electron chi connectivity index (χ4n) is 2.91. The average molecular weight is 370 g/mol. The third-order valence-electron chi connectivity index (χ3n) is 4.21. The normalized spacial score (nSPS) is 11.1. The Morgan fingerprint density at radius 1 is 1.00 bits per heavy atom. The fraction of sp³-hybridized carbons (Fsp3) is 0. The zero-order valence-corrected chi connectivity index (χ0v) is 14.6. The van der Waals surface area contributed by atoms with Gasteiger partial charge in [0, 0.05) is 18.3 Å². The van der Waals surface area contributed by atoms with Crippen LogP contribution in [0.4, 0.5) is 5.69 Å². The molecule has 0 fully saturated rings. The number of nitro groups is 1. The summed E-state index contributed by atoms with van der Waals surface area (Å²) in [6.07, 6.45) is 6.57. The number of benzene rings is 2. The summed E-state index contributed by atoms with van der Waals surface area (Å²) in [6.45, 7) is 0. The van der Waals surface area contributed by atoms with E-state index in [1.54, 1.807) is 67.0 Å². The minimum absolute atomic E-state index is 0.00160. The van der Waals surface area contributed by atoms with Crippen LogP contribution in [0.15, 0.2) is 77.9 Å². The van der Waals surface area contributed by atoms with Crippen LogP contribution < -0.4 is 5.56 Å². The standard InChI is InChI=1S/C21H14N4O3/c26-21-18-8-1-2-9-19(18)23-20(24(21)17-7-4-12-22-14-17)11-10-15-5-3-6-16(13-15)25(27)28/h1-14H. The Hall–Kier alpha value is -4.13. The van der Waals surface area contributed by atoms with Gasteiger partial charge < -0.3 is 0 Å². The summed E-state index contributed by atoms with van der Waals surface area (Å²) in [4.78, 5) is 32.3. The van der Waals surface area contributed by atoms with Crippen molar-refractivity contribution in [1.82, 2.24) is 14.5 Å². The summed E-state index contributed by atoms with van der Waals surface area (Å²) in [7, 11) is 0. The molecule has 4 aromatic rings. The van der Waals surface area contributed by atoms with Gasteiger partial charge in [-0.2, -0.15) is 0 Å². The van der Waals surface area contributed by atoms with Crippen molar-refractivity contribution in [3.8, 4) is 5.69 Å². The maximum atomic E-state index is 13.1. The highest BCUT2D eigenvalue weighted by Crippen LogP contribution is 2.17. The molecule has 0 radical (unpaired) electrons. The molecule has 0 N–H and O–H groups in total. The molecule has 136 valence electrons. The van der Waals surface area contributed by atoms with Crippen LogP contribution in [0, 0.1) is 10.1 Å². The average Bonchev–Trinajstić information content (AvgIpc) is 2.73. The molecule has 0 bridgehead atoms. The lowest BCUT2D eigenvalue weighted by molar-refractivity contribution is -0.384. The van der Waals surface area contributed by atoms with E-state index in [9.17, 15) is 14.9 Å². The predicted molar refractivity (Wildman–Crippen MR) is 107 cm³/mol. The molecular weight excluding hydrogens is 356 g/mol. The Kier molecular flexibility index (Phi) is 4.47. The van der Waals surface area contributed by atoms with E-state index in [0.29, 0.717) is 28.0 Å². The van der Waals surface area contributed by atoms with Gasteiger partial charge in [0.25, 0.3) is 11.2 Å². The Balaban J connectivity index is 1.89. The topological polar surface area (TPSA) is 90.9 Å². The van der Waals surface area contributed by atoms with E-state index in [1.165, 1.54) is 16.7 Å². The van der Waals surface area contributed by atoms with E-state index in [-0.39, 0.29) is 11.2 Å². The van der Waals surface area contributed by atoms with Gasteiger partial charge in [-0.25, -0.2) is 4.98 Å². The molecule has 0 amide bonds. The van der Waals surface area contributed by atoms with E-state index < -0.39 is 4.92 Å².